The summed E-state index contributed by atoms with van der Waals surface area (Å²) in [6.07, 6.45) is 1.46. The van der Waals surface area contributed by atoms with Crippen LogP contribution < -0.4 is 10.7 Å². The van der Waals surface area contributed by atoms with E-state index in [2.05, 4.69) is 31.8 Å². The number of carbonyl (C=O) groups is 2. The van der Waals surface area contributed by atoms with Crippen LogP contribution >= 0.6 is 15.9 Å². The van der Waals surface area contributed by atoms with E-state index in [-0.39, 0.29) is 5.82 Å². The van der Waals surface area contributed by atoms with Crippen LogP contribution in [0.3, 0.4) is 0 Å². The summed E-state index contributed by atoms with van der Waals surface area (Å²) in [4.78, 5) is 24.0. The number of aromatic nitrogens is 1. The van der Waals surface area contributed by atoms with Crippen molar-refractivity contribution >= 4 is 39.6 Å². The summed E-state index contributed by atoms with van der Waals surface area (Å²) in [6.45, 7) is 3.80. The molecule has 0 bridgehead atoms. The van der Waals surface area contributed by atoms with Crippen LogP contribution in [-0.4, -0.2) is 22.6 Å². The zero-order valence-corrected chi connectivity index (χ0v) is 17.3. The maximum absolute atomic E-state index is 13.2. The van der Waals surface area contributed by atoms with Crippen LogP contribution in [0.1, 0.15) is 17.0 Å². The van der Waals surface area contributed by atoms with Crippen molar-refractivity contribution < 1.29 is 14.0 Å². The number of carbonyl (C=O) groups excluding carboxylic acids is 2. The van der Waals surface area contributed by atoms with Gasteiger partial charge in [0.1, 0.15) is 5.82 Å². The Morgan fingerprint density at radius 2 is 1.76 bits per heavy atom. The quantitative estimate of drug-likeness (QED) is 0.352. The predicted octanol–water partition coefficient (Wildman–Crippen LogP) is 4.08. The lowest BCUT2D eigenvalue weighted by molar-refractivity contribution is -0.136. The predicted molar refractivity (Wildman–Crippen MR) is 114 cm³/mol. The maximum atomic E-state index is 13.2. The lowest BCUT2D eigenvalue weighted by atomic mass is 10.2. The first-order valence-corrected chi connectivity index (χ1v) is 9.50. The largest absolute Gasteiger partial charge is 0.329 e. The first kappa shape index (κ1) is 20.5. The Balaban J connectivity index is 1.68. The number of aryl methyl sites for hydroxylation is 1. The van der Waals surface area contributed by atoms with Gasteiger partial charge in [-0.25, -0.2) is 9.82 Å². The van der Waals surface area contributed by atoms with Crippen LogP contribution in [0.25, 0.3) is 5.69 Å². The minimum atomic E-state index is -0.885. The van der Waals surface area contributed by atoms with Crippen molar-refractivity contribution in [1.29, 1.82) is 0 Å². The summed E-state index contributed by atoms with van der Waals surface area (Å²) in [6, 6.07) is 15.0. The Morgan fingerprint density at radius 3 is 2.45 bits per heavy atom. The molecule has 1 heterocycles. The average molecular weight is 457 g/mol. The highest BCUT2D eigenvalue weighted by atomic mass is 79.9. The number of halogens is 2. The molecule has 0 aliphatic carbocycles. The number of amides is 2. The summed E-state index contributed by atoms with van der Waals surface area (Å²) in [7, 11) is 0. The minimum absolute atomic E-state index is 0.304. The molecule has 1 aromatic heterocycles. The van der Waals surface area contributed by atoms with Crippen molar-refractivity contribution in [3.05, 3.63) is 81.8 Å². The Kier molecular flexibility index (Phi) is 6.23. The van der Waals surface area contributed by atoms with Crippen LogP contribution in [0.4, 0.5) is 10.1 Å². The topological polar surface area (TPSA) is 75.5 Å². The highest BCUT2D eigenvalue weighted by Gasteiger charge is 2.14. The third-order valence-corrected chi connectivity index (χ3v) is 4.94. The molecule has 2 aromatic carbocycles. The molecule has 0 saturated carbocycles. The number of hydrazone groups is 1. The normalized spacial score (nSPS) is 10.9. The molecule has 0 radical (unpaired) electrons. The SMILES string of the molecule is Cc1cc(/C=N\NC(=O)C(=O)Nc2ccccc2Br)c(C)n1-c1ccc(F)cc1. The van der Waals surface area contributed by atoms with Crippen LogP contribution in [0.2, 0.25) is 0 Å². The van der Waals surface area contributed by atoms with Crippen molar-refractivity contribution in [3.63, 3.8) is 0 Å². The number of hydrogen-bond acceptors (Lipinski definition) is 3. The fourth-order valence-electron chi connectivity index (χ4n) is 2.86. The number of nitrogens with one attached hydrogen (secondary N) is 2. The molecule has 3 rings (SSSR count). The standard InChI is InChI=1S/C21H18BrFN4O2/c1-13-11-15(14(2)27(13)17-9-7-16(23)8-10-17)12-24-26-21(29)20(28)25-19-6-4-3-5-18(19)22/h3-12H,1-2H3,(H,25,28)(H,26,29)/b24-12-. The molecule has 0 atom stereocenters. The van der Waals surface area contributed by atoms with E-state index in [4.69, 9.17) is 0 Å². The first-order chi connectivity index (χ1) is 13.9. The molecule has 29 heavy (non-hydrogen) atoms. The molecular weight excluding hydrogens is 439 g/mol. The van der Waals surface area contributed by atoms with E-state index in [0.29, 0.717) is 10.2 Å². The van der Waals surface area contributed by atoms with E-state index in [0.717, 1.165) is 22.6 Å². The van der Waals surface area contributed by atoms with Crippen LogP contribution in [0, 0.1) is 19.7 Å². The zero-order chi connectivity index (χ0) is 21.0. The molecule has 3 aromatic rings. The van der Waals surface area contributed by atoms with E-state index in [1.165, 1.54) is 18.3 Å². The highest BCUT2D eigenvalue weighted by Crippen LogP contribution is 2.21. The number of rotatable bonds is 4. The van der Waals surface area contributed by atoms with Crippen LogP contribution in [0.5, 0.6) is 0 Å². The van der Waals surface area contributed by atoms with E-state index < -0.39 is 11.8 Å². The van der Waals surface area contributed by atoms with Gasteiger partial charge in [-0.15, -0.1) is 0 Å². The molecule has 0 saturated heterocycles. The maximum Gasteiger partial charge on any atom is 0.329 e. The molecule has 0 aliphatic heterocycles. The summed E-state index contributed by atoms with van der Waals surface area (Å²) in [5.74, 6) is -2.02. The van der Waals surface area contributed by atoms with Gasteiger partial charge in [0, 0.05) is 27.1 Å². The molecular formula is C21H18BrFN4O2. The second-order valence-electron chi connectivity index (χ2n) is 6.27. The number of benzene rings is 2. The fraction of sp³-hybridized carbons (Fsp3) is 0.0952. The molecule has 8 heteroatoms. The lowest BCUT2D eigenvalue weighted by Crippen LogP contribution is -2.32. The average Bonchev–Trinajstić information content (AvgIpc) is 2.97. The number of nitrogens with zero attached hydrogens (tertiary/aromatic N) is 2. The van der Waals surface area contributed by atoms with Gasteiger partial charge in [0.25, 0.3) is 0 Å². The molecule has 0 aliphatic rings. The third-order valence-electron chi connectivity index (χ3n) is 4.25. The second-order valence-corrected chi connectivity index (χ2v) is 7.13. The molecule has 2 N–H and O–H groups in total. The van der Waals surface area contributed by atoms with Crippen molar-refractivity contribution in [2.24, 2.45) is 5.10 Å². The van der Waals surface area contributed by atoms with Gasteiger partial charge >= 0.3 is 11.8 Å². The van der Waals surface area contributed by atoms with E-state index in [1.54, 1.807) is 36.4 Å². The number of para-hydroxylation sites is 1. The molecule has 2 amide bonds. The van der Waals surface area contributed by atoms with Gasteiger partial charge in [0.2, 0.25) is 0 Å². The van der Waals surface area contributed by atoms with Gasteiger partial charge in [0.05, 0.1) is 11.9 Å². The van der Waals surface area contributed by atoms with Gasteiger partial charge in [-0.1, -0.05) is 12.1 Å². The van der Waals surface area contributed by atoms with Crippen molar-refractivity contribution in [3.8, 4) is 5.69 Å². The highest BCUT2D eigenvalue weighted by molar-refractivity contribution is 9.10. The van der Waals surface area contributed by atoms with E-state index in [1.807, 2.05) is 24.5 Å². The van der Waals surface area contributed by atoms with Crippen molar-refractivity contribution in [1.82, 2.24) is 9.99 Å². The second kappa shape index (κ2) is 8.83. The Bertz CT molecular complexity index is 1090. The zero-order valence-electron chi connectivity index (χ0n) is 15.7. The molecule has 0 fully saturated rings. The van der Waals surface area contributed by atoms with E-state index in [9.17, 15) is 14.0 Å². The first-order valence-electron chi connectivity index (χ1n) is 8.70. The van der Waals surface area contributed by atoms with Gasteiger partial charge < -0.3 is 9.88 Å². The smallest absolute Gasteiger partial charge is 0.318 e. The molecule has 6 nitrogen and oxygen atoms in total. The Hall–Kier alpha value is -3.26. The van der Waals surface area contributed by atoms with E-state index >= 15 is 0 Å². The summed E-state index contributed by atoms with van der Waals surface area (Å²) in [5, 5.41) is 6.38. The van der Waals surface area contributed by atoms with Crippen molar-refractivity contribution in [2.75, 3.05) is 5.32 Å². The van der Waals surface area contributed by atoms with Crippen molar-refractivity contribution in [2.45, 2.75) is 13.8 Å². The van der Waals surface area contributed by atoms with Crippen LogP contribution in [-0.2, 0) is 9.59 Å². The summed E-state index contributed by atoms with van der Waals surface area (Å²) >= 11 is 3.30. The van der Waals surface area contributed by atoms with Gasteiger partial charge in [0.15, 0.2) is 0 Å². The lowest BCUT2D eigenvalue weighted by Gasteiger charge is -2.09. The molecule has 0 spiro atoms. The number of hydrogen-bond donors (Lipinski definition) is 2. The van der Waals surface area contributed by atoms with Gasteiger partial charge in [-0.2, -0.15) is 5.10 Å². The monoisotopic (exact) mass is 456 g/mol. The fourth-order valence-corrected chi connectivity index (χ4v) is 3.24. The minimum Gasteiger partial charge on any atom is -0.318 e. The summed E-state index contributed by atoms with van der Waals surface area (Å²) < 4.78 is 15.8. The Morgan fingerprint density at radius 1 is 1.07 bits per heavy atom. The molecule has 148 valence electrons. The third kappa shape index (κ3) is 4.78. The molecule has 0 unspecified atom stereocenters. The Labute approximate surface area is 175 Å². The number of anilines is 1. The van der Waals surface area contributed by atoms with Crippen LogP contribution in [0.15, 0.2) is 64.2 Å². The van der Waals surface area contributed by atoms with Gasteiger partial charge in [-0.3, -0.25) is 9.59 Å². The summed E-state index contributed by atoms with van der Waals surface area (Å²) in [5.41, 5.74) is 6.07. The van der Waals surface area contributed by atoms with Gasteiger partial charge in [-0.05, 0) is 72.2 Å².